The standard InChI is InChI=1S/C14H22BrNO2/c1-8(2)12-13(9(3)7-16)10(15)6-11(17-4)14(12)18-5/h6,8-9H,7,16H2,1-5H3. The summed E-state index contributed by atoms with van der Waals surface area (Å²) in [6.07, 6.45) is 0. The Hall–Kier alpha value is -0.740. The Morgan fingerprint density at radius 1 is 1.17 bits per heavy atom. The zero-order valence-corrected chi connectivity index (χ0v) is 13.3. The fraction of sp³-hybridized carbons (Fsp3) is 0.571. The molecule has 0 aliphatic rings. The quantitative estimate of drug-likeness (QED) is 0.902. The van der Waals surface area contributed by atoms with Crippen molar-refractivity contribution in [2.45, 2.75) is 32.6 Å². The first-order valence-electron chi connectivity index (χ1n) is 6.12. The fourth-order valence-electron chi connectivity index (χ4n) is 2.20. The number of halogens is 1. The van der Waals surface area contributed by atoms with Crippen LogP contribution in [0, 0.1) is 0 Å². The zero-order valence-electron chi connectivity index (χ0n) is 11.7. The Kier molecular flexibility index (Phi) is 5.47. The maximum Gasteiger partial charge on any atom is 0.164 e. The van der Waals surface area contributed by atoms with Crippen LogP contribution >= 0.6 is 15.9 Å². The van der Waals surface area contributed by atoms with Crippen molar-refractivity contribution >= 4 is 15.9 Å². The summed E-state index contributed by atoms with van der Waals surface area (Å²) in [5.41, 5.74) is 8.19. The van der Waals surface area contributed by atoms with Gasteiger partial charge in [0.25, 0.3) is 0 Å². The maximum absolute atomic E-state index is 5.81. The second kappa shape index (κ2) is 6.43. The Morgan fingerprint density at radius 2 is 1.78 bits per heavy atom. The van der Waals surface area contributed by atoms with Crippen LogP contribution in [0.1, 0.15) is 43.7 Å². The third-order valence-corrected chi connectivity index (χ3v) is 3.78. The molecule has 0 radical (unpaired) electrons. The highest BCUT2D eigenvalue weighted by atomic mass is 79.9. The van der Waals surface area contributed by atoms with E-state index in [1.54, 1.807) is 14.2 Å². The molecule has 18 heavy (non-hydrogen) atoms. The van der Waals surface area contributed by atoms with Gasteiger partial charge in [-0.25, -0.2) is 0 Å². The van der Waals surface area contributed by atoms with Crippen molar-refractivity contribution in [2.75, 3.05) is 20.8 Å². The lowest BCUT2D eigenvalue weighted by molar-refractivity contribution is 0.349. The largest absolute Gasteiger partial charge is 0.493 e. The van der Waals surface area contributed by atoms with Crippen LogP contribution in [-0.2, 0) is 0 Å². The van der Waals surface area contributed by atoms with Crippen molar-refractivity contribution in [3.63, 3.8) is 0 Å². The number of nitrogens with two attached hydrogens (primary N) is 1. The summed E-state index contributed by atoms with van der Waals surface area (Å²) < 4.78 is 12.0. The molecule has 0 spiro atoms. The van der Waals surface area contributed by atoms with E-state index >= 15 is 0 Å². The van der Waals surface area contributed by atoms with E-state index in [-0.39, 0.29) is 5.92 Å². The lowest BCUT2D eigenvalue weighted by Gasteiger charge is -2.24. The van der Waals surface area contributed by atoms with Gasteiger partial charge >= 0.3 is 0 Å². The number of hydrogen-bond acceptors (Lipinski definition) is 3. The number of ether oxygens (including phenoxy) is 2. The number of hydrogen-bond donors (Lipinski definition) is 1. The molecular weight excluding hydrogens is 294 g/mol. The molecule has 0 amide bonds. The molecule has 1 atom stereocenters. The predicted molar refractivity (Wildman–Crippen MR) is 78.8 cm³/mol. The SMILES string of the molecule is COc1cc(Br)c(C(C)CN)c(C(C)C)c1OC. The van der Waals surface area contributed by atoms with Gasteiger partial charge < -0.3 is 15.2 Å². The van der Waals surface area contributed by atoms with Gasteiger partial charge in [-0.05, 0) is 30.0 Å². The number of methoxy groups -OCH3 is 2. The summed E-state index contributed by atoms with van der Waals surface area (Å²) in [4.78, 5) is 0. The predicted octanol–water partition coefficient (Wildman–Crippen LogP) is 3.65. The second-order valence-corrected chi connectivity index (χ2v) is 5.57. The van der Waals surface area contributed by atoms with Crippen LogP contribution in [0.25, 0.3) is 0 Å². The van der Waals surface area contributed by atoms with Crippen molar-refractivity contribution in [1.82, 2.24) is 0 Å². The van der Waals surface area contributed by atoms with Gasteiger partial charge in [0.1, 0.15) is 0 Å². The highest BCUT2D eigenvalue weighted by Gasteiger charge is 2.23. The van der Waals surface area contributed by atoms with Crippen LogP contribution in [0.2, 0.25) is 0 Å². The minimum atomic E-state index is 0.275. The van der Waals surface area contributed by atoms with Gasteiger partial charge in [0.2, 0.25) is 0 Å². The molecule has 0 saturated carbocycles. The van der Waals surface area contributed by atoms with Crippen molar-refractivity contribution in [2.24, 2.45) is 5.73 Å². The normalized spacial score (nSPS) is 12.7. The Labute approximate surface area is 118 Å². The molecule has 102 valence electrons. The topological polar surface area (TPSA) is 44.5 Å². The molecule has 1 aromatic rings. The highest BCUT2D eigenvalue weighted by Crippen LogP contribution is 2.44. The van der Waals surface area contributed by atoms with Gasteiger partial charge in [0.05, 0.1) is 14.2 Å². The van der Waals surface area contributed by atoms with Gasteiger partial charge in [-0.1, -0.05) is 36.7 Å². The molecule has 0 heterocycles. The molecule has 0 aliphatic carbocycles. The number of rotatable bonds is 5. The molecule has 0 bridgehead atoms. The lowest BCUT2D eigenvalue weighted by Crippen LogP contribution is -2.13. The summed E-state index contributed by atoms with van der Waals surface area (Å²) in [5.74, 6) is 2.18. The zero-order chi connectivity index (χ0) is 13.9. The molecule has 3 nitrogen and oxygen atoms in total. The van der Waals surface area contributed by atoms with Gasteiger partial charge in [0, 0.05) is 10.0 Å². The molecule has 2 N–H and O–H groups in total. The molecule has 1 unspecified atom stereocenters. The van der Waals surface area contributed by atoms with Crippen molar-refractivity contribution < 1.29 is 9.47 Å². The van der Waals surface area contributed by atoms with Gasteiger partial charge in [0.15, 0.2) is 11.5 Å². The van der Waals surface area contributed by atoms with Crippen LogP contribution in [0.15, 0.2) is 10.5 Å². The molecule has 1 aromatic carbocycles. The summed E-state index contributed by atoms with van der Waals surface area (Å²) >= 11 is 3.62. The van der Waals surface area contributed by atoms with Crippen LogP contribution in [0.5, 0.6) is 11.5 Å². The van der Waals surface area contributed by atoms with E-state index < -0.39 is 0 Å². The van der Waals surface area contributed by atoms with E-state index in [9.17, 15) is 0 Å². The Bertz CT molecular complexity index is 419. The van der Waals surface area contributed by atoms with E-state index in [0.29, 0.717) is 12.5 Å². The van der Waals surface area contributed by atoms with E-state index in [1.807, 2.05) is 6.07 Å². The van der Waals surface area contributed by atoms with Crippen molar-refractivity contribution in [1.29, 1.82) is 0 Å². The van der Waals surface area contributed by atoms with Gasteiger partial charge in [-0.3, -0.25) is 0 Å². The maximum atomic E-state index is 5.81. The van der Waals surface area contributed by atoms with E-state index in [4.69, 9.17) is 15.2 Å². The van der Waals surface area contributed by atoms with Crippen molar-refractivity contribution in [3.05, 3.63) is 21.7 Å². The van der Waals surface area contributed by atoms with Crippen molar-refractivity contribution in [3.8, 4) is 11.5 Å². The summed E-state index contributed by atoms with van der Waals surface area (Å²) in [7, 11) is 3.33. The van der Waals surface area contributed by atoms with Crippen LogP contribution in [0.4, 0.5) is 0 Å². The van der Waals surface area contributed by atoms with E-state index in [2.05, 4.69) is 36.7 Å². The molecule has 0 saturated heterocycles. The van der Waals surface area contributed by atoms with Crippen LogP contribution < -0.4 is 15.2 Å². The summed E-state index contributed by atoms with van der Waals surface area (Å²) in [6.45, 7) is 7.03. The first-order chi connectivity index (χ1) is 8.47. The first-order valence-corrected chi connectivity index (χ1v) is 6.91. The highest BCUT2D eigenvalue weighted by molar-refractivity contribution is 9.10. The minimum absolute atomic E-state index is 0.275. The van der Waals surface area contributed by atoms with E-state index in [0.717, 1.165) is 16.0 Å². The van der Waals surface area contributed by atoms with Crippen LogP contribution in [-0.4, -0.2) is 20.8 Å². The van der Waals surface area contributed by atoms with Gasteiger partial charge in [-0.2, -0.15) is 0 Å². The summed E-state index contributed by atoms with van der Waals surface area (Å²) in [5, 5.41) is 0. The molecule has 0 aliphatic heterocycles. The van der Waals surface area contributed by atoms with Gasteiger partial charge in [-0.15, -0.1) is 0 Å². The molecule has 1 rings (SSSR count). The Morgan fingerprint density at radius 3 is 2.17 bits per heavy atom. The smallest absolute Gasteiger partial charge is 0.164 e. The fourth-order valence-corrected chi connectivity index (χ4v) is 3.01. The third kappa shape index (κ3) is 2.81. The minimum Gasteiger partial charge on any atom is -0.493 e. The molecule has 0 aromatic heterocycles. The monoisotopic (exact) mass is 315 g/mol. The van der Waals surface area contributed by atoms with Crippen LogP contribution in [0.3, 0.4) is 0 Å². The van der Waals surface area contributed by atoms with E-state index in [1.165, 1.54) is 11.1 Å². The average molecular weight is 316 g/mol. The molecule has 4 heteroatoms. The molecule has 0 fully saturated rings. The lowest BCUT2D eigenvalue weighted by atomic mass is 9.88. The molecular formula is C14H22BrNO2. The first kappa shape index (κ1) is 15.3. The second-order valence-electron chi connectivity index (χ2n) is 4.71. The average Bonchev–Trinajstić information content (AvgIpc) is 2.36. The number of benzene rings is 1. The summed E-state index contributed by atoms with van der Waals surface area (Å²) in [6, 6.07) is 1.95. The Balaban J connectivity index is 3.59. The third-order valence-electron chi connectivity index (χ3n) is 3.12.